The van der Waals surface area contributed by atoms with E-state index in [2.05, 4.69) is 20.2 Å². The van der Waals surface area contributed by atoms with Gasteiger partial charge in [0.15, 0.2) is 5.69 Å². The molecule has 0 fully saturated rings. The Morgan fingerprint density at radius 3 is 2.85 bits per heavy atom. The number of rotatable bonds is 3. The minimum absolute atomic E-state index is 0.0385. The largest absolute Gasteiger partial charge is 0.493 e. The zero-order chi connectivity index (χ0) is 18.3. The molecule has 0 aliphatic heterocycles. The highest BCUT2D eigenvalue weighted by Crippen LogP contribution is 2.36. The Balaban J connectivity index is 1.61. The molecule has 0 unspecified atom stereocenters. The summed E-state index contributed by atoms with van der Waals surface area (Å²) in [6.07, 6.45) is 0.0385. The van der Waals surface area contributed by atoms with Crippen LogP contribution in [0.1, 0.15) is 11.4 Å². The normalized spacial score (nSPS) is 11.8. The van der Waals surface area contributed by atoms with Gasteiger partial charge < -0.3 is 14.7 Å². The summed E-state index contributed by atoms with van der Waals surface area (Å²) in [5, 5.41) is 18.5. The van der Waals surface area contributed by atoms with Crippen LogP contribution in [0.15, 0.2) is 52.7 Å². The molecule has 0 spiro atoms. The van der Waals surface area contributed by atoms with Gasteiger partial charge in [0.2, 0.25) is 5.88 Å². The molecule has 2 aromatic carbocycles. The van der Waals surface area contributed by atoms with Crippen molar-refractivity contribution in [1.82, 2.24) is 14.5 Å². The Bertz CT molecular complexity index is 1170. The van der Waals surface area contributed by atoms with Crippen LogP contribution in [-0.2, 0) is 18.3 Å². The quantitative estimate of drug-likeness (QED) is 0.550. The van der Waals surface area contributed by atoms with Gasteiger partial charge in [-0.2, -0.15) is 0 Å². The van der Waals surface area contributed by atoms with E-state index >= 15 is 0 Å². The molecular formula is C19H17N5O2. The highest BCUT2D eigenvalue weighted by atomic mass is 16.3. The molecule has 0 bridgehead atoms. The predicted molar refractivity (Wildman–Crippen MR) is 98.6 cm³/mol. The van der Waals surface area contributed by atoms with Crippen LogP contribution in [0.4, 0.5) is 5.69 Å². The maximum Gasteiger partial charge on any atom is 0.272 e. The Kier molecular flexibility index (Phi) is 3.76. The number of aromatic nitrogens is 3. The molecule has 4 rings (SSSR count). The van der Waals surface area contributed by atoms with Gasteiger partial charge >= 0.3 is 0 Å². The number of azo groups is 1. The lowest BCUT2D eigenvalue weighted by Crippen LogP contribution is -2.05. The third-order valence-corrected chi connectivity index (χ3v) is 4.45. The Hall–Kier alpha value is -3.48. The van der Waals surface area contributed by atoms with E-state index in [0.29, 0.717) is 5.82 Å². The van der Waals surface area contributed by atoms with E-state index in [9.17, 15) is 9.90 Å². The lowest BCUT2D eigenvalue weighted by Gasteiger charge is -1.98. The maximum absolute atomic E-state index is 12.2. The summed E-state index contributed by atoms with van der Waals surface area (Å²) in [6, 6.07) is 13.3. The number of carbonyl (C=O) groups excluding carboxylic acids is 1. The number of carbonyl (C=O) groups is 1. The standard InChI is InChI=1S/C19H17N5O2/c1-11-6-5-7-12-17(11)21-19(26)18(12)23-22-16(25)10-15-20-13-8-3-4-9-14(13)24(15)2/h3-9,21,26H,10H2,1-2H3. The summed E-state index contributed by atoms with van der Waals surface area (Å²) in [4.78, 5) is 19.6. The lowest BCUT2D eigenvalue weighted by molar-refractivity contribution is -0.117. The van der Waals surface area contributed by atoms with Gasteiger partial charge in [-0.15, -0.1) is 10.2 Å². The summed E-state index contributed by atoms with van der Waals surface area (Å²) in [7, 11) is 1.86. The SMILES string of the molecule is Cc1cccc2c(N=NC(=O)Cc3nc4ccccc4n3C)c(O)[nH]c12. The van der Waals surface area contributed by atoms with Gasteiger partial charge in [0.05, 0.1) is 23.0 Å². The van der Waals surface area contributed by atoms with Crippen LogP contribution < -0.4 is 0 Å². The molecule has 7 nitrogen and oxygen atoms in total. The first-order valence-corrected chi connectivity index (χ1v) is 8.20. The van der Waals surface area contributed by atoms with E-state index in [-0.39, 0.29) is 18.0 Å². The Morgan fingerprint density at radius 2 is 2.04 bits per heavy atom. The molecular weight excluding hydrogens is 330 g/mol. The van der Waals surface area contributed by atoms with Crippen molar-refractivity contribution in [3.05, 3.63) is 53.9 Å². The highest BCUT2D eigenvalue weighted by Gasteiger charge is 2.14. The average molecular weight is 347 g/mol. The fourth-order valence-electron chi connectivity index (χ4n) is 3.07. The van der Waals surface area contributed by atoms with E-state index in [1.54, 1.807) is 0 Å². The summed E-state index contributed by atoms with van der Waals surface area (Å²) >= 11 is 0. The Labute approximate surface area is 149 Å². The molecule has 0 radical (unpaired) electrons. The fraction of sp³-hybridized carbons (Fsp3) is 0.158. The third kappa shape index (κ3) is 2.63. The molecule has 1 amide bonds. The summed E-state index contributed by atoms with van der Waals surface area (Å²) in [5.74, 6) is 0.0903. The topological polar surface area (TPSA) is 95.6 Å². The van der Waals surface area contributed by atoms with Crippen molar-refractivity contribution in [3.8, 4) is 5.88 Å². The lowest BCUT2D eigenvalue weighted by atomic mass is 10.1. The fourth-order valence-corrected chi connectivity index (χ4v) is 3.07. The minimum Gasteiger partial charge on any atom is -0.493 e. The molecule has 4 aromatic rings. The van der Waals surface area contributed by atoms with Gasteiger partial charge in [-0.1, -0.05) is 30.3 Å². The number of aryl methyl sites for hydroxylation is 2. The number of hydrogen-bond acceptors (Lipinski definition) is 4. The van der Waals surface area contributed by atoms with Crippen LogP contribution in [0.3, 0.4) is 0 Å². The van der Waals surface area contributed by atoms with Crippen molar-refractivity contribution in [3.63, 3.8) is 0 Å². The molecule has 0 aliphatic carbocycles. The number of aromatic amines is 1. The zero-order valence-electron chi connectivity index (χ0n) is 14.4. The number of H-pyrrole nitrogens is 1. The molecule has 0 saturated carbocycles. The predicted octanol–water partition coefficient (Wildman–Crippen LogP) is 3.92. The second-order valence-corrected chi connectivity index (χ2v) is 6.17. The summed E-state index contributed by atoms with van der Waals surface area (Å²) < 4.78 is 1.87. The summed E-state index contributed by atoms with van der Waals surface area (Å²) in [5.41, 5.74) is 3.81. The molecule has 2 N–H and O–H groups in total. The van der Waals surface area contributed by atoms with Crippen molar-refractivity contribution in [2.45, 2.75) is 13.3 Å². The van der Waals surface area contributed by atoms with Gasteiger partial charge in [-0.05, 0) is 24.6 Å². The number of nitrogens with one attached hydrogen (secondary N) is 1. The molecule has 2 aromatic heterocycles. The van der Waals surface area contributed by atoms with E-state index < -0.39 is 5.91 Å². The molecule has 26 heavy (non-hydrogen) atoms. The number of imidazole rings is 1. The Morgan fingerprint density at radius 1 is 1.23 bits per heavy atom. The third-order valence-electron chi connectivity index (χ3n) is 4.45. The molecule has 0 aliphatic rings. The number of amides is 1. The second-order valence-electron chi connectivity index (χ2n) is 6.17. The number of aromatic hydroxyl groups is 1. The van der Waals surface area contributed by atoms with E-state index in [0.717, 1.165) is 27.5 Å². The highest BCUT2D eigenvalue weighted by molar-refractivity contribution is 5.96. The van der Waals surface area contributed by atoms with Crippen LogP contribution in [0.2, 0.25) is 0 Å². The van der Waals surface area contributed by atoms with Crippen molar-refractivity contribution in [1.29, 1.82) is 0 Å². The molecule has 2 heterocycles. The van der Waals surface area contributed by atoms with Gasteiger partial charge in [0, 0.05) is 12.4 Å². The smallest absolute Gasteiger partial charge is 0.272 e. The van der Waals surface area contributed by atoms with E-state index in [1.165, 1.54) is 0 Å². The summed E-state index contributed by atoms with van der Waals surface area (Å²) in [6.45, 7) is 1.93. The number of benzene rings is 2. The molecule has 0 saturated heterocycles. The van der Waals surface area contributed by atoms with Crippen molar-refractivity contribution >= 4 is 33.5 Å². The first kappa shape index (κ1) is 16.0. The number of nitrogens with zero attached hydrogens (tertiary/aromatic N) is 4. The number of hydrogen-bond donors (Lipinski definition) is 2. The van der Waals surface area contributed by atoms with Gasteiger partial charge in [-0.25, -0.2) is 4.98 Å². The maximum atomic E-state index is 12.2. The van der Waals surface area contributed by atoms with Crippen LogP contribution in [0.5, 0.6) is 5.88 Å². The first-order valence-electron chi connectivity index (χ1n) is 8.20. The van der Waals surface area contributed by atoms with Crippen LogP contribution in [0.25, 0.3) is 21.9 Å². The van der Waals surface area contributed by atoms with Crippen molar-refractivity contribution in [2.24, 2.45) is 17.3 Å². The van der Waals surface area contributed by atoms with Crippen molar-refractivity contribution in [2.75, 3.05) is 0 Å². The number of fused-ring (bicyclic) bond motifs is 2. The van der Waals surface area contributed by atoms with E-state index in [4.69, 9.17) is 0 Å². The zero-order valence-corrected chi connectivity index (χ0v) is 14.4. The van der Waals surface area contributed by atoms with Gasteiger partial charge in [0.25, 0.3) is 5.91 Å². The van der Waals surface area contributed by atoms with Crippen LogP contribution in [-0.4, -0.2) is 25.5 Å². The molecule has 130 valence electrons. The second kappa shape index (κ2) is 6.11. The van der Waals surface area contributed by atoms with Gasteiger partial charge in [0.1, 0.15) is 5.82 Å². The van der Waals surface area contributed by atoms with Crippen LogP contribution >= 0.6 is 0 Å². The molecule has 0 atom stereocenters. The van der Waals surface area contributed by atoms with Crippen LogP contribution in [0, 0.1) is 6.92 Å². The number of para-hydroxylation sites is 3. The molecule has 7 heteroatoms. The first-order chi connectivity index (χ1) is 12.5. The van der Waals surface area contributed by atoms with E-state index in [1.807, 2.05) is 61.0 Å². The minimum atomic E-state index is -0.426. The monoisotopic (exact) mass is 347 g/mol. The average Bonchev–Trinajstić information content (AvgIpc) is 3.11. The van der Waals surface area contributed by atoms with Crippen molar-refractivity contribution < 1.29 is 9.90 Å². The van der Waals surface area contributed by atoms with Gasteiger partial charge in [-0.3, -0.25) is 4.79 Å².